The van der Waals surface area contributed by atoms with Gasteiger partial charge in [-0.15, -0.1) is 0 Å². The lowest BCUT2D eigenvalue weighted by molar-refractivity contribution is 0.0147. The summed E-state index contributed by atoms with van der Waals surface area (Å²) in [6.07, 6.45) is 0.00368. The Balaban J connectivity index is 3.82. The third-order valence-electron chi connectivity index (χ3n) is 2.66. The number of rotatable bonds is 9. The van der Waals surface area contributed by atoms with Crippen molar-refractivity contribution in [3.8, 4) is 0 Å². The Morgan fingerprint density at radius 3 is 2.27 bits per heavy atom. The Hall–Kier alpha value is -0.250. The summed E-state index contributed by atoms with van der Waals surface area (Å²) in [6.45, 7) is 1.78. The minimum Gasteiger partial charge on any atom is -0.384 e. The molecule has 0 aliphatic carbocycles. The Labute approximate surface area is 90.0 Å². The monoisotopic (exact) mass is 226 g/mol. The Kier molecular flexibility index (Phi) is 8.86. The van der Waals surface area contributed by atoms with E-state index in [-0.39, 0.29) is 12.6 Å². The van der Waals surface area contributed by atoms with E-state index in [2.05, 4.69) is 0 Å². The van der Waals surface area contributed by atoms with Gasteiger partial charge in [-0.2, -0.15) is 0 Å². The number of ether oxygens (including phenoxy) is 1. The highest BCUT2D eigenvalue weighted by Gasteiger charge is 2.25. The molecule has 0 saturated carbocycles. The van der Waals surface area contributed by atoms with Gasteiger partial charge in [-0.1, -0.05) is 19.8 Å². The van der Waals surface area contributed by atoms with Gasteiger partial charge in [0.1, 0.15) is 0 Å². The van der Waals surface area contributed by atoms with Crippen molar-refractivity contribution >= 4 is 0 Å². The average molecular weight is 226 g/mol. The molecule has 0 aromatic heterocycles. The molecule has 15 heavy (non-hydrogen) atoms. The van der Waals surface area contributed by atoms with Gasteiger partial charge in [0, 0.05) is 19.6 Å². The number of hydrogen-bond acceptors (Lipinski definition) is 1. The fourth-order valence-electron chi connectivity index (χ4n) is 1.70. The van der Waals surface area contributed by atoms with Crippen LogP contribution in [-0.2, 0) is 4.74 Å². The standard InChI is InChI=1S/C11H21F3O/c1-9(8-15-2)10(11(13)14)6-4-3-5-7-12/h9-11H,3-8H2,1-2H3/t9-,10?/m1/s1. The van der Waals surface area contributed by atoms with Gasteiger partial charge in [0.25, 0.3) is 0 Å². The van der Waals surface area contributed by atoms with E-state index in [1.807, 2.05) is 0 Å². The summed E-state index contributed by atoms with van der Waals surface area (Å²) in [5, 5.41) is 0. The highest BCUT2D eigenvalue weighted by atomic mass is 19.3. The molecule has 92 valence electrons. The van der Waals surface area contributed by atoms with E-state index >= 15 is 0 Å². The molecule has 0 amide bonds. The molecule has 0 rings (SSSR count). The number of unbranched alkanes of at least 4 members (excludes halogenated alkanes) is 2. The summed E-state index contributed by atoms with van der Waals surface area (Å²) in [5.41, 5.74) is 0. The lowest BCUT2D eigenvalue weighted by Gasteiger charge is -2.22. The molecule has 0 heterocycles. The first kappa shape index (κ1) is 14.8. The molecule has 0 radical (unpaired) electrons. The largest absolute Gasteiger partial charge is 0.384 e. The fourth-order valence-corrected chi connectivity index (χ4v) is 1.70. The van der Waals surface area contributed by atoms with E-state index < -0.39 is 12.3 Å². The third-order valence-corrected chi connectivity index (χ3v) is 2.66. The highest BCUT2D eigenvalue weighted by Crippen LogP contribution is 2.26. The molecular weight excluding hydrogens is 205 g/mol. The first-order valence-corrected chi connectivity index (χ1v) is 5.46. The van der Waals surface area contributed by atoms with E-state index in [0.29, 0.717) is 32.3 Å². The van der Waals surface area contributed by atoms with Crippen molar-refractivity contribution < 1.29 is 17.9 Å². The molecule has 0 N–H and O–H groups in total. The topological polar surface area (TPSA) is 9.23 Å². The SMILES string of the molecule is COC[C@@H](C)C(CCCCCF)C(F)F. The lowest BCUT2D eigenvalue weighted by atomic mass is 9.90. The Bertz CT molecular complexity index is 142. The van der Waals surface area contributed by atoms with Crippen LogP contribution >= 0.6 is 0 Å². The maximum Gasteiger partial charge on any atom is 0.241 e. The molecule has 1 unspecified atom stereocenters. The smallest absolute Gasteiger partial charge is 0.241 e. The minimum atomic E-state index is -2.31. The van der Waals surface area contributed by atoms with E-state index in [9.17, 15) is 13.2 Å². The van der Waals surface area contributed by atoms with Crippen LogP contribution < -0.4 is 0 Å². The van der Waals surface area contributed by atoms with Crippen molar-refractivity contribution in [3.63, 3.8) is 0 Å². The van der Waals surface area contributed by atoms with Gasteiger partial charge in [-0.25, -0.2) is 8.78 Å². The van der Waals surface area contributed by atoms with Crippen LogP contribution in [0.2, 0.25) is 0 Å². The van der Waals surface area contributed by atoms with Crippen molar-refractivity contribution in [1.29, 1.82) is 0 Å². The summed E-state index contributed by atoms with van der Waals surface area (Å²) >= 11 is 0. The zero-order chi connectivity index (χ0) is 11.7. The molecule has 0 fully saturated rings. The molecule has 0 aromatic carbocycles. The number of halogens is 3. The predicted molar refractivity (Wildman–Crippen MR) is 55.0 cm³/mol. The highest BCUT2D eigenvalue weighted by molar-refractivity contribution is 4.68. The van der Waals surface area contributed by atoms with Gasteiger partial charge in [0.05, 0.1) is 6.67 Å². The molecule has 0 aromatic rings. The second kappa shape index (κ2) is 9.01. The van der Waals surface area contributed by atoms with E-state index in [4.69, 9.17) is 4.74 Å². The van der Waals surface area contributed by atoms with Crippen LogP contribution in [0.5, 0.6) is 0 Å². The third kappa shape index (κ3) is 6.77. The van der Waals surface area contributed by atoms with Crippen LogP contribution in [-0.4, -0.2) is 26.8 Å². The van der Waals surface area contributed by atoms with Gasteiger partial charge in [0.15, 0.2) is 0 Å². The number of alkyl halides is 3. The molecule has 0 saturated heterocycles. The molecule has 1 nitrogen and oxygen atoms in total. The molecule has 4 heteroatoms. The van der Waals surface area contributed by atoms with Gasteiger partial charge in [0.2, 0.25) is 6.43 Å². The maximum absolute atomic E-state index is 12.7. The van der Waals surface area contributed by atoms with Crippen LogP contribution in [0.15, 0.2) is 0 Å². The maximum atomic E-state index is 12.7. The normalized spacial score (nSPS) is 15.6. The zero-order valence-electron chi connectivity index (χ0n) is 9.52. The van der Waals surface area contributed by atoms with Crippen molar-refractivity contribution in [3.05, 3.63) is 0 Å². The van der Waals surface area contributed by atoms with Crippen LogP contribution in [0, 0.1) is 11.8 Å². The first-order chi connectivity index (χ1) is 7.13. The number of hydrogen-bond donors (Lipinski definition) is 0. The molecule has 2 atom stereocenters. The van der Waals surface area contributed by atoms with Gasteiger partial charge >= 0.3 is 0 Å². The van der Waals surface area contributed by atoms with Crippen molar-refractivity contribution in [2.24, 2.45) is 11.8 Å². The Morgan fingerprint density at radius 2 is 1.80 bits per heavy atom. The fraction of sp³-hybridized carbons (Fsp3) is 1.00. The molecular formula is C11H21F3O. The summed E-state index contributed by atoms with van der Waals surface area (Å²) < 4.78 is 42.0. The Morgan fingerprint density at radius 1 is 1.13 bits per heavy atom. The summed E-state index contributed by atoms with van der Waals surface area (Å²) in [7, 11) is 1.52. The molecule has 0 aliphatic rings. The van der Waals surface area contributed by atoms with Gasteiger partial charge < -0.3 is 4.74 Å². The summed E-state index contributed by atoms with van der Waals surface area (Å²) in [5.74, 6) is -0.759. The summed E-state index contributed by atoms with van der Waals surface area (Å²) in [4.78, 5) is 0. The summed E-state index contributed by atoms with van der Waals surface area (Å²) in [6, 6.07) is 0. The van der Waals surface area contributed by atoms with Gasteiger partial charge in [-0.3, -0.25) is 4.39 Å². The lowest BCUT2D eigenvalue weighted by Crippen LogP contribution is -2.23. The zero-order valence-corrected chi connectivity index (χ0v) is 9.52. The van der Waals surface area contributed by atoms with E-state index in [1.54, 1.807) is 6.92 Å². The van der Waals surface area contributed by atoms with Gasteiger partial charge in [-0.05, 0) is 18.8 Å². The van der Waals surface area contributed by atoms with Crippen LogP contribution in [0.3, 0.4) is 0 Å². The van der Waals surface area contributed by atoms with Crippen LogP contribution in [0.4, 0.5) is 13.2 Å². The molecule has 0 aliphatic heterocycles. The van der Waals surface area contributed by atoms with Crippen molar-refractivity contribution in [2.45, 2.75) is 39.0 Å². The molecule has 0 spiro atoms. The van der Waals surface area contributed by atoms with E-state index in [1.165, 1.54) is 7.11 Å². The average Bonchev–Trinajstić information content (AvgIpc) is 2.17. The first-order valence-electron chi connectivity index (χ1n) is 5.46. The minimum absolute atomic E-state index is 0.139. The predicted octanol–water partition coefficient (Wildman–Crippen LogP) is 3.68. The van der Waals surface area contributed by atoms with Crippen molar-refractivity contribution in [2.75, 3.05) is 20.4 Å². The molecule has 0 bridgehead atoms. The second-order valence-electron chi connectivity index (χ2n) is 3.97. The van der Waals surface area contributed by atoms with Crippen molar-refractivity contribution in [1.82, 2.24) is 0 Å². The van der Waals surface area contributed by atoms with Crippen LogP contribution in [0.1, 0.15) is 32.6 Å². The van der Waals surface area contributed by atoms with E-state index in [0.717, 1.165) is 0 Å². The quantitative estimate of drug-likeness (QED) is 0.545. The second-order valence-corrected chi connectivity index (χ2v) is 3.97. The van der Waals surface area contributed by atoms with Crippen LogP contribution in [0.25, 0.3) is 0 Å². The number of methoxy groups -OCH3 is 1.